The van der Waals surface area contributed by atoms with Gasteiger partial charge in [0, 0.05) is 10.9 Å². The van der Waals surface area contributed by atoms with E-state index < -0.39 is 0 Å². The summed E-state index contributed by atoms with van der Waals surface area (Å²) in [6.45, 7) is 4.15. The molecule has 0 aromatic heterocycles. The molecule has 0 saturated heterocycles. The summed E-state index contributed by atoms with van der Waals surface area (Å²) in [4.78, 5) is 0. The molecule has 0 spiro atoms. The van der Waals surface area contributed by atoms with E-state index in [1.54, 1.807) is 0 Å². The van der Waals surface area contributed by atoms with Gasteiger partial charge < -0.3 is 0 Å². The second kappa shape index (κ2) is 11.5. The smallest absolute Gasteiger partial charge is 0.138 e. The highest BCUT2D eigenvalue weighted by Gasteiger charge is 2.22. The van der Waals surface area contributed by atoms with Gasteiger partial charge >= 0.3 is 0 Å². The third-order valence-corrected chi connectivity index (χ3v) is 7.37. The van der Waals surface area contributed by atoms with Gasteiger partial charge in [-0.25, -0.2) is 4.39 Å². The van der Waals surface area contributed by atoms with Crippen molar-refractivity contribution in [3.8, 4) is 11.1 Å². The van der Waals surface area contributed by atoms with Gasteiger partial charge in [0.15, 0.2) is 0 Å². The molecule has 1 saturated carbocycles. The van der Waals surface area contributed by atoms with Crippen molar-refractivity contribution in [1.82, 2.24) is 0 Å². The second-order valence-corrected chi connectivity index (χ2v) is 9.58. The van der Waals surface area contributed by atoms with E-state index in [-0.39, 0.29) is 5.82 Å². The molecular weight excluding hydrogens is 403 g/mol. The van der Waals surface area contributed by atoms with Gasteiger partial charge in [0.1, 0.15) is 5.82 Å². The predicted octanol–water partition coefficient (Wildman–Crippen LogP) is 9.78. The van der Waals surface area contributed by atoms with Gasteiger partial charge in [-0.2, -0.15) is 0 Å². The maximum Gasteiger partial charge on any atom is 0.138 e. The van der Waals surface area contributed by atoms with Gasteiger partial charge in [0.05, 0.1) is 0 Å². The van der Waals surface area contributed by atoms with Crippen molar-refractivity contribution in [2.24, 2.45) is 5.92 Å². The Balaban J connectivity index is 1.44. The third kappa shape index (κ3) is 5.82. The molecule has 3 aromatic carbocycles. The molecule has 1 heteroatoms. The maximum atomic E-state index is 15.4. The van der Waals surface area contributed by atoms with Crippen molar-refractivity contribution < 1.29 is 4.39 Å². The number of halogens is 1. The molecule has 0 atom stereocenters. The normalized spacial score (nSPS) is 19.1. The fourth-order valence-electron chi connectivity index (χ4n) is 5.35. The highest BCUT2D eigenvalue weighted by atomic mass is 19.1. The Kier molecular flexibility index (Phi) is 8.15. The number of hydrogen-bond donors (Lipinski definition) is 0. The molecule has 0 heterocycles. The number of hydrogen-bond acceptors (Lipinski definition) is 0. The van der Waals surface area contributed by atoms with Crippen molar-refractivity contribution in [2.75, 3.05) is 0 Å². The van der Waals surface area contributed by atoms with E-state index >= 15 is 4.39 Å². The molecule has 1 aliphatic rings. The van der Waals surface area contributed by atoms with Crippen LogP contribution in [0.3, 0.4) is 0 Å². The standard InChI is InChI=1S/C32H37F/c1-3-5-7-9-24-11-14-26(15-12-24)27-16-18-28(19-17-27)30-22-20-29-23-25(10-8-6-4-2)13-21-31(29)32(30)33/h3-6,13,16-24,26H,7-12,14-15H2,1-2H3/b5-3+,6-4+. The monoisotopic (exact) mass is 440 g/mol. The molecule has 0 aliphatic heterocycles. The van der Waals surface area contributed by atoms with Crippen molar-refractivity contribution in [2.45, 2.75) is 71.1 Å². The number of rotatable bonds is 8. The van der Waals surface area contributed by atoms with Crippen LogP contribution in [-0.4, -0.2) is 0 Å². The number of allylic oxidation sites excluding steroid dienone is 4. The Morgan fingerprint density at radius 1 is 0.818 bits per heavy atom. The molecule has 0 unspecified atom stereocenters. The summed E-state index contributed by atoms with van der Waals surface area (Å²) in [7, 11) is 0. The Labute approximate surface area is 199 Å². The van der Waals surface area contributed by atoms with Crippen LogP contribution in [0.15, 0.2) is 78.9 Å². The summed E-state index contributed by atoms with van der Waals surface area (Å²) in [5.41, 5.74) is 4.34. The molecule has 0 bridgehead atoms. The first-order chi connectivity index (χ1) is 16.2. The lowest BCUT2D eigenvalue weighted by Crippen LogP contribution is -2.13. The van der Waals surface area contributed by atoms with Crippen molar-refractivity contribution in [3.05, 3.63) is 95.8 Å². The van der Waals surface area contributed by atoms with E-state index in [1.165, 1.54) is 49.7 Å². The fraction of sp³-hybridized carbons (Fsp3) is 0.375. The van der Waals surface area contributed by atoms with Crippen LogP contribution in [0.2, 0.25) is 0 Å². The molecule has 0 amide bonds. The average Bonchev–Trinajstić information content (AvgIpc) is 2.85. The van der Waals surface area contributed by atoms with E-state index in [2.05, 4.69) is 73.7 Å². The van der Waals surface area contributed by atoms with Crippen LogP contribution in [0, 0.1) is 11.7 Å². The SMILES string of the molecule is C/C=C/CCc1ccc2c(F)c(-c3ccc(C4CCC(CC/C=C/C)CC4)cc3)ccc2c1. The summed E-state index contributed by atoms with van der Waals surface area (Å²) in [5.74, 6) is 1.42. The number of aryl methyl sites for hydroxylation is 1. The van der Waals surface area contributed by atoms with Gasteiger partial charge in [-0.15, -0.1) is 0 Å². The van der Waals surface area contributed by atoms with Crippen LogP contribution in [0.25, 0.3) is 21.9 Å². The van der Waals surface area contributed by atoms with Crippen molar-refractivity contribution >= 4 is 10.8 Å². The van der Waals surface area contributed by atoms with Gasteiger partial charge in [-0.05, 0) is 99.1 Å². The first kappa shape index (κ1) is 23.5. The maximum absolute atomic E-state index is 15.4. The highest BCUT2D eigenvalue weighted by molar-refractivity contribution is 5.88. The van der Waals surface area contributed by atoms with E-state index in [9.17, 15) is 0 Å². The molecule has 0 radical (unpaired) electrons. The minimum Gasteiger partial charge on any atom is -0.206 e. The summed E-state index contributed by atoms with van der Waals surface area (Å²) >= 11 is 0. The zero-order valence-electron chi connectivity index (χ0n) is 20.2. The van der Waals surface area contributed by atoms with E-state index in [4.69, 9.17) is 0 Å². The third-order valence-electron chi connectivity index (χ3n) is 7.37. The number of benzene rings is 3. The van der Waals surface area contributed by atoms with Crippen LogP contribution in [0.5, 0.6) is 0 Å². The lowest BCUT2D eigenvalue weighted by Gasteiger charge is -2.28. The van der Waals surface area contributed by atoms with Crippen LogP contribution in [0.1, 0.15) is 75.8 Å². The molecule has 3 aromatic rings. The molecule has 33 heavy (non-hydrogen) atoms. The largest absolute Gasteiger partial charge is 0.206 e. The van der Waals surface area contributed by atoms with Crippen molar-refractivity contribution in [3.63, 3.8) is 0 Å². The quantitative estimate of drug-likeness (QED) is 0.306. The Morgan fingerprint density at radius 3 is 2.27 bits per heavy atom. The zero-order valence-corrected chi connectivity index (χ0v) is 20.2. The Hall–Kier alpha value is -2.67. The van der Waals surface area contributed by atoms with E-state index in [0.717, 1.165) is 29.7 Å². The lowest BCUT2D eigenvalue weighted by atomic mass is 9.77. The first-order valence-corrected chi connectivity index (χ1v) is 12.7. The van der Waals surface area contributed by atoms with Crippen molar-refractivity contribution in [1.29, 1.82) is 0 Å². The molecule has 1 fully saturated rings. The molecular formula is C32H37F. The fourth-order valence-corrected chi connectivity index (χ4v) is 5.35. The minimum atomic E-state index is -0.109. The van der Waals surface area contributed by atoms with Crippen LogP contribution >= 0.6 is 0 Å². The van der Waals surface area contributed by atoms with Crippen LogP contribution in [-0.2, 0) is 6.42 Å². The highest BCUT2D eigenvalue weighted by Crippen LogP contribution is 2.38. The zero-order chi connectivity index (χ0) is 23.0. The summed E-state index contributed by atoms with van der Waals surface area (Å²) in [5, 5.41) is 1.69. The summed E-state index contributed by atoms with van der Waals surface area (Å²) < 4.78 is 15.4. The van der Waals surface area contributed by atoms with E-state index in [0.29, 0.717) is 16.9 Å². The Bertz CT molecular complexity index is 1100. The average molecular weight is 441 g/mol. The minimum absolute atomic E-state index is 0.109. The van der Waals surface area contributed by atoms with Gasteiger partial charge in [0.2, 0.25) is 0 Å². The molecule has 1 aliphatic carbocycles. The molecule has 0 N–H and O–H groups in total. The van der Waals surface area contributed by atoms with Gasteiger partial charge in [0.25, 0.3) is 0 Å². The van der Waals surface area contributed by atoms with Crippen LogP contribution in [0.4, 0.5) is 4.39 Å². The second-order valence-electron chi connectivity index (χ2n) is 9.58. The van der Waals surface area contributed by atoms with Gasteiger partial charge in [-0.3, -0.25) is 0 Å². The van der Waals surface area contributed by atoms with Gasteiger partial charge in [-0.1, -0.05) is 78.9 Å². The summed E-state index contributed by atoms with van der Waals surface area (Å²) in [6.07, 6.45) is 18.5. The first-order valence-electron chi connectivity index (χ1n) is 12.7. The van der Waals surface area contributed by atoms with E-state index in [1.807, 2.05) is 19.1 Å². The molecule has 4 rings (SSSR count). The molecule has 0 nitrogen and oxygen atoms in total. The predicted molar refractivity (Wildman–Crippen MR) is 141 cm³/mol. The van der Waals surface area contributed by atoms with Crippen LogP contribution < -0.4 is 0 Å². The molecule has 172 valence electrons. The Morgan fingerprint density at radius 2 is 1.55 bits per heavy atom. The topological polar surface area (TPSA) is 0 Å². The number of fused-ring (bicyclic) bond motifs is 1. The lowest BCUT2D eigenvalue weighted by molar-refractivity contribution is 0.312. The summed E-state index contributed by atoms with van der Waals surface area (Å²) in [6, 6.07) is 18.8.